The Morgan fingerprint density at radius 2 is 0.714 bits per heavy atom. The van der Waals surface area contributed by atoms with Crippen molar-refractivity contribution >= 4 is 59.5 Å². The zero-order valence-corrected chi connectivity index (χ0v) is 9.05. The second kappa shape index (κ2) is 15.7. The molecular weight excluding hydrogens is 319 g/mol. The van der Waals surface area contributed by atoms with E-state index in [0.29, 0.717) is 0 Å². The summed E-state index contributed by atoms with van der Waals surface area (Å²) in [6, 6.07) is 0. The molecule has 0 heterocycles. The van der Waals surface area contributed by atoms with E-state index in [1.807, 2.05) is 0 Å². The minimum absolute atomic E-state index is 0. The molecule has 0 bridgehead atoms. The smallest absolute Gasteiger partial charge is 0.324 e. The van der Waals surface area contributed by atoms with Gasteiger partial charge in [-0.05, 0) is 0 Å². The van der Waals surface area contributed by atoms with E-state index in [1.54, 1.807) is 0 Å². The van der Waals surface area contributed by atoms with Crippen LogP contribution < -0.4 is 0 Å². The molecule has 0 aromatic rings. The predicted molar refractivity (Wildman–Crippen MR) is 44.5 cm³/mol. The summed E-state index contributed by atoms with van der Waals surface area (Å²) in [4.78, 5) is 21.7. The van der Waals surface area contributed by atoms with Crippen molar-refractivity contribution in [3.63, 3.8) is 0 Å². The van der Waals surface area contributed by atoms with Gasteiger partial charge in [0.15, 0.2) is 0 Å². The number of halogens is 3. The van der Waals surface area contributed by atoms with Gasteiger partial charge in [0.25, 0.3) is 0 Å². The van der Waals surface area contributed by atoms with Crippen molar-refractivity contribution < 1.29 is 14.7 Å². The Morgan fingerprint density at radius 3 is 0.714 bits per heavy atom. The monoisotopic (exact) mass is 322 g/mol. The second-order valence-corrected chi connectivity index (χ2v) is 0.805. The van der Waals surface area contributed by atoms with Crippen LogP contribution in [-0.4, -0.2) is 14.7 Å². The molecule has 7 heavy (non-hydrogen) atoms. The van der Waals surface area contributed by atoms with Crippen LogP contribution in [0.1, 0.15) is 0 Å². The molecule has 0 saturated heterocycles. The fourth-order valence-electron chi connectivity index (χ4n) is 0. The highest BCUT2D eigenvalue weighted by Gasteiger charge is 1.76. The zero-order chi connectivity index (χ0) is 3.58. The van der Waals surface area contributed by atoms with Crippen LogP contribution in [0.2, 0.25) is 0 Å². The minimum Gasteiger partial charge on any atom is -0.328 e. The fourth-order valence-corrected chi connectivity index (χ4v) is 0. The molecule has 0 rings (SSSR count). The summed E-state index contributed by atoms with van der Waals surface area (Å²) in [6.07, 6.45) is 0. The molecule has 7 heteroatoms. The van der Waals surface area contributed by atoms with E-state index in [1.165, 1.54) is 0 Å². The van der Waals surface area contributed by atoms with Crippen LogP contribution in [-0.2, 0) is 0 Å². The highest BCUT2D eigenvalue weighted by atomic mass is 79.9. The van der Waals surface area contributed by atoms with Crippen LogP contribution in [0.25, 0.3) is 0 Å². The topological polar surface area (TPSA) is 60.7 Å². The minimum atomic E-state index is -2.62. The maximum atomic E-state index is 7.23. The van der Waals surface area contributed by atoms with Gasteiger partial charge in [0.05, 0.1) is 0 Å². The van der Waals surface area contributed by atoms with Gasteiger partial charge in [0.2, 0.25) is 0 Å². The highest BCUT2D eigenvalue weighted by Crippen LogP contribution is 2.11. The van der Waals surface area contributed by atoms with E-state index < -0.39 is 8.60 Å². The van der Waals surface area contributed by atoms with Crippen molar-refractivity contribution in [1.29, 1.82) is 0 Å². The van der Waals surface area contributed by atoms with Gasteiger partial charge < -0.3 is 14.7 Å². The van der Waals surface area contributed by atoms with Crippen molar-refractivity contribution in [3.8, 4) is 0 Å². The number of hydrogen-bond acceptors (Lipinski definition) is 3. The summed E-state index contributed by atoms with van der Waals surface area (Å²) >= 11 is 0. The van der Waals surface area contributed by atoms with Crippen LogP contribution in [0.15, 0.2) is 0 Å². The molecule has 0 unspecified atom stereocenters. The Labute approximate surface area is 74.1 Å². The molecule has 0 saturated carbocycles. The molecule has 0 aliphatic carbocycles. The molecule has 50 valence electrons. The molecule has 0 spiro atoms. The Hall–Kier alpha value is 1.75. The van der Waals surface area contributed by atoms with Crippen LogP contribution >= 0.6 is 59.5 Å². The first-order valence-corrected chi connectivity index (χ1v) is 1.80. The molecule has 0 aromatic carbocycles. The van der Waals surface area contributed by atoms with E-state index in [-0.39, 0.29) is 50.9 Å². The maximum absolute atomic E-state index is 7.23. The lowest BCUT2D eigenvalue weighted by molar-refractivity contribution is 0.368. The fraction of sp³-hybridized carbons (Fsp3) is 0. The first-order valence-electron chi connectivity index (χ1n) is 0.600. The molecule has 0 amide bonds. The quantitative estimate of drug-likeness (QED) is 0.581. The summed E-state index contributed by atoms with van der Waals surface area (Å²) in [7, 11) is -2.62. The highest BCUT2D eigenvalue weighted by molar-refractivity contribution is 8.93. The Kier molecular flexibility index (Phi) is 52.1. The van der Waals surface area contributed by atoms with Crippen molar-refractivity contribution in [2.24, 2.45) is 0 Å². The van der Waals surface area contributed by atoms with E-state index >= 15 is 0 Å². The van der Waals surface area contributed by atoms with E-state index in [4.69, 9.17) is 14.7 Å². The Bertz CT molecular complexity index is 14.9. The van der Waals surface area contributed by atoms with E-state index in [9.17, 15) is 0 Å². The van der Waals surface area contributed by atoms with Gasteiger partial charge in [0, 0.05) is 0 Å². The number of rotatable bonds is 0. The van der Waals surface area contributed by atoms with Crippen LogP contribution in [0, 0.1) is 0 Å². The van der Waals surface area contributed by atoms with Gasteiger partial charge in [0.1, 0.15) is 0 Å². The van der Waals surface area contributed by atoms with Gasteiger partial charge in [-0.15, -0.1) is 50.9 Å². The normalized spacial score (nSPS) is 5.14. The van der Waals surface area contributed by atoms with Crippen LogP contribution in [0.3, 0.4) is 0 Å². The molecule has 0 aliphatic rings. The van der Waals surface area contributed by atoms with Crippen LogP contribution in [0.5, 0.6) is 0 Å². The van der Waals surface area contributed by atoms with Crippen LogP contribution in [0.4, 0.5) is 0 Å². The summed E-state index contributed by atoms with van der Waals surface area (Å²) in [5.41, 5.74) is 0. The van der Waals surface area contributed by atoms with Gasteiger partial charge in [-0.25, -0.2) is 0 Å². The molecule has 0 aliphatic heterocycles. The number of hydrogen-bond donors (Lipinski definition) is 3. The molecule has 0 aromatic heterocycles. The van der Waals surface area contributed by atoms with Gasteiger partial charge in [-0.2, -0.15) is 0 Å². The second-order valence-electron chi connectivity index (χ2n) is 0.268. The van der Waals surface area contributed by atoms with Crippen molar-refractivity contribution in [2.75, 3.05) is 0 Å². The summed E-state index contributed by atoms with van der Waals surface area (Å²) in [5, 5.41) is 0. The molecule has 3 nitrogen and oxygen atoms in total. The van der Waals surface area contributed by atoms with Crippen molar-refractivity contribution in [2.45, 2.75) is 0 Å². The molecule has 0 radical (unpaired) electrons. The van der Waals surface area contributed by atoms with Gasteiger partial charge in [-0.3, -0.25) is 0 Å². The van der Waals surface area contributed by atoms with E-state index in [2.05, 4.69) is 0 Å². The first-order chi connectivity index (χ1) is 1.73. The van der Waals surface area contributed by atoms with Gasteiger partial charge >= 0.3 is 8.60 Å². The molecule has 3 N–H and O–H groups in total. The summed E-state index contributed by atoms with van der Waals surface area (Å²) < 4.78 is 0. The Morgan fingerprint density at radius 1 is 0.714 bits per heavy atom. The molecule has 0 atom stereocenters. The molecular formula is H6Br3O3P. The lowest BCUT2D eigenvalue weighted by atomic mass is 15.8. The summed E-state index contributed by atoms with van der Waals surface area (Å²) in [6.45, 7) is 0. The maximum Gasteiger partial charge on any atom is 0.324 e. The SMILES string of the molecule is Br.Br.Br.OP(O)O. The van der Waals surface area contributed by atoms with Gasteiger partial charge in [-0.1, -0.05) is 0 Å². The average molecular weight is 325 g/mol. The third kappa shape index (κ3) is 83.7. The summed E-state index contributed by atoms with van der Waals surface area (Å²) in [5.74, 6) is 0. The average Bonchev–Trinajstić information content (AvgIpc) is 0.811. The third-order valence-electron chi connectivity index (χ3n) is 0. The lowest BCUT2D eigenvalue weighted by Crippen LogP contribution is -1.54. The van der Waals surface area contributed by atoms with Crippen molar-refractivity contribution in [1.82, 2.24) is 0 Å². The third-order valence-corrected chi connectivity index (χ3v) is 0. The standard InChI is InChI=1S/3BrH.H3O3P/c;;;1-4(2)3/h3*1H;1-3H. The zero-order valence-electron chi connectivity index (χ0n) is 3.01. The lowest BCUT2D eigenvalue weighted by Gasteiger charge is -1.76. The largest absolute Gasteiger partial charge is 0.328 e. The predicted octanol–water partition coefficient (Wildman–Crippen LogP) is 0.924. The van der Waals surface area contributed by atoms with Crippen molar-refractivity contribution in [3.05, 3.63) is 0 Å². The first kappa shape index (κ1) is 23.3. The Balaban J connectivity index is -0.0000000150. The molecule has 0 fully saturated rings. The van der Waals surface area contributed by atoms with E-state index in [0.717, 1.165) is 0 Å².